The van der Waals surface area contributed by atoms with Gasteiger partial charge in [0.25, 0.3) is 0 Å². The molecule has 7 nitrogen and oxygen atoms in total. The number of nitrogens with one attached hydrogen (secondary N) is 1. The fourth-order valence-corrected chi connectivity index (χ4v) is 8.74. The average Bonchev–Trinajstić information content (AvgIpc) is 3.50. The minimum absolute atomic E-state index is 0.246. The summed E-state index contributed by atoms with van der Waals surface area (Å²) in [6.45, 7) is 11.2. The first-order valence-corrected chi connectivity index (χ1v) is 16.9. The highest BCUT2D eigenvalue weighted by Gasteiger charge is 2.57. The first-order chi connectivity index (χ1) is 20.6. The molecule has 0 bridgehead atoms. The van der Waals surface area contributed by atoms with Crippen molar-refractivity contribution in [1.82, 2.24) is 10.3 Å². The number of hydrogen-bond acceptors (Lipinski definition) is 6. The molecule has 3 N–H and O–H groups in total. The average molecular weight is 595 g/mol. The van der Waals surface area contributed by atoms with E-state index in [4.69, 9.17) is 9.15 Å². The highest BCUT2D eigenvalue weighted by atomic mass is 16.6. The zero-order chi connectivity index (χ0) is 30.8. The molecule has 4 aliphatic carbocycles. The number of aromatic nitrogens is 1. The van der Waals surface area contributed by atoms with E-state index in [1.807, 2.05) is 6.20 Å². The number of carbonyl (C=O) groups is 1. The Morgan fingerprint density at radius 1 is 1.26 bits per heavy atom. The van der Waals surface area contributed by atoms with Crippen molar-refractivity contribution in [2.45, 2.75) is 134 Å². The Morgan fingerprint density at radius 2 is 2.05 bits per heavy atom. The number of nitrogens with zero attached hydrogens (tertiary/aromatic N) is 1. The van der Waals surface area contributed by atoms with E-state index in [0.717, 1.165) is 74.2 Å². The SMILES string of the molecule is C=C1/C(=C\C=C2/CCC[C@]3(C)[C@@H]([C@H](C)CC[C@H](OC(=O)NC)C4(c5ncc(CCCC)o5)CC4)CC[C@@H]23)C[C@@H](O)C[C@@H]1O. The summed E-state index contributed by atoms with van der Waals surface area (Å²) in [6.07, 6.45) is 18.1. The second-order valence-electron chi connectivity index (χ2n) is 14.3. The van der Waals surface area contributed by atoms with Crippen molar-refractivity contribution in [3.8, 4) is 0 Å². The fraction of sp³-hybridized carbons (Fsp3) is 0.722. The molecule has 4 fully saturated rings. The van der Waals surface area contributed by atoms with E-state index in [9.17, 15) is 15.0 Å². The number of carbonyl (C=O) groups excluding carboxylic acids is 1. The number of rotatable bonds is 11. The summed E-state index contributed by atoms with van der Waals surface area (Å²) in [5.74, 6) is 3.34. The van der Waals surface area contributed by atoms with Crippen LogP contribution in [0.3, 0.4) is 0 Å². The monoisotopic (exact) mass is 594 g/mol. The minimum atomic E-state index is -0.653. The van der Waals surface area contributed by atoms with Crippen molar-refractivity contribution in [1.29, 1.82) is 0 Å². The predicted octanol–water partition coefficient (Wildman–Crippen LogP) is 7.33. The van der Waals surface area contributed by atoms with Crippen molar-refractivity contribution in [3.63, 3.8) is 0 Å². The number of hydrogen-bond donors (Lipinski definition) is 3. The van der Waals surface area contributed by atoms with Crippen LogP contribution in [-0.2, 0) is 16.6 Å². The lowest BCUT2D eigenvalue weighted by atomic mass is 9.60. The van der Waals surface area contributed by atoms with Gasteiger partial charge >= 0.3 is 6.09 Å². The molecule has 0 spiro atoms. The van der Waals surface area contributed by atoms with Crippen molar-refractivity contribution in [2.75, 3.05) is 7.05 Å². The zero-order valence-corrected chi connectivity index (χ0v) is 26.9. The van der Waals surface area contributed by atoms with E-state index in [1.165, 1.54) is 31.3 Å². The van der Waals surface area contributed by atoms with Gasteiger partial charge < -0.3 is 24.7 Å². The number of allylic oxidation sites excluding steroid dienone is 3. The van der Waals surface area contributed by atoms with Crippen LogP contribution in [0.2, 0.25) is 0 Å². The molecule has 1 heterocycles. The molecule has 43 heavy (non-hydrogen) atoms. The van der Waals surface area contributed by atoms with E-state index in [-0.39, 0.29) is 23.0 Å². The lowest BCUT2D eigenvalue weighted by molar-refractivity contribution is 0.0479. The molecule has 238 valence electrons. The molecular formula is C36H54N2O5. The Morgan fingerprint density at radius 3 is 2.77 bits per heavy atom. The van der Waals surface area contributed by atoms with Crippen molar-refractivity contribution in [3.05, 3.63) is 53.3 Å². The molecule has 1 aromatic rings. The molecule has 5 rings (SSSR count). The van der Waals surface area contributed by atoms with Gasteiger partial charge in [-0.05, 0) is 105 Å². The Balaban J connectivity index is 1.27. The lowest BCUT2D eigenvalue weighted by Gasteiger charge is -2.44. The normalized spacial score (nSPS) is 33.3. The highest BCUT2D eigenvalue weighted by molar-refractivity contribution is 5.67. The molecule has 0 saturated heterocycles. The van der Waals surface area contributed by atoms with Gasteiger partial charge in [0, 0.05) is 19.9 Å². The number of amides is 1. The van der Waals surface area contributed by atoms with Crippen LogP contribution in [-0.4, -0.2) is 46.6 Å². The van der Waals surface area contributed by atoms with Gasteiger partial charge in [-0.2, -0.15) is 0 Å². The molecule has 4 saturated carbocycles. The fourth-order valence-electron chi connectivity index (χ4n) is 8.74. The van der Waals surface area contributed by atoms with Gasteiger partial charge in [-0.15, -0.1) is 0 Å². The maximum atomic E-state index is 12.5. The van der Waals surface area contributed by atoms with Crippen LogP contribution in [0.1, 0.15) is 116 Å². The smallest absolute Gasteiger partial charge is 0.407 e. The van der Waals surface area contributed by atoms with Gasteiger partial charge in [0.05, 0.1) is 23.8 Å². The lowest BCUT2D eigenvalue weighted by Crippen LogP contribution is -2.38. The zero-order valence-electron chi connectivity index (χ0n) is 26.9. The summed E-state index contributed by atoms with van der Waals surface area (Å²) in [4.78, 5) is 17.1. The van der Waals surface area contributed by atoms with Gasteiger partial charge in [-0.1, -0.05) is 51.5 Å². The van der Waals surface area contributed by atoms with Gasteiger partial charge in [-0.25, -0.2) is 9.78 Å². The van der Waals surface area contributed by atoms with Gasteiger partial charge in [0.2, 0.25) is 5.89 Å². The number of oxazole rings is 1. The number of ether oxygens (including phenoxy) is 1. The van der Waals surface area contributed by atoms with E-state index in [2.05, 4.69) is 49.8 Å². The highest BCUT2D eigenvalue weighted by Crippen LogP contribution is 2.60. The Labute approximate surface area is 258 Å². The van der Waals surface area contributed by atoms with Crippen LogP contribution < -0.4 is 5.32 Å². The van der Waals surface area contributed by atoms with Crippen LogP contribution in [0, 0.1) is 23.2 Å². The van der Waals surface area contributed by atoms with Gasteiger partial charge in [0.1, 0.15) is 11.9 Å². The molecule has 1 aromatic heterocycles. The molecular weight excluding hydrogens is 540 g/mol. The Kier molecular flexibility index (Phi) is 9.92. The quantitative estimate of drug-likeness (QED) is 0.248. The van der Waals surface area contributed by atoms with Crippen molar-refractivity contribution >= 4 is 6.09 Å². The third-order valence-corrected chi connectivity index (χ3v) is 11.5. The van der Waals surface area contributed by atoms with E-state index in [1.54, 1.807) is 7.05 Å². The van der Waals surface area contributed by atoms with Crippen LogP contribution in [0.15, 0.2) is 46.1 Å². The number of aliphatic hydroxyl groups is 2. The summed E-state index contributed by atoms with van der Waals surface area (Å²) in [7, 11) is 1.62. The third-order valence-electron chi connectivity index (χ3n) is 11.5. The maximum absolute atomic E-state index is 12.5. The summed E-state index contributed by atoms with van der Waals surface area (Å²) in [5.41, 5.74) is 3.18. The van der Waals surface area contributed by atoms with Crippen LogP contribution in [0.4, 0.5) is 4.79 Å². The Bertz CT molecular complexity index is 1210. The molecule has 1 amide bonds. The molecule has 4 aliphatic rings. The third kappa shape index (κ3) is 6.68. The standard InChI is InChI=1S/C36H54N2O5/c1-6-7-10-28-22-38-33(42-28)36(18-19-36)32(43-34(41)37-5)16-11-23(2)29-14-15-30-25(9-8-17-35(29,30)4)12-13-26-20-27(39)21-31(40)24(26)3/h12-13,22-23,27,29-32,39-40H,3,6-11,14-21H2,1-2,4-5H3,(H,37,41)/b25-12+,26-13-/t23-,27-,29-,30+,31+,32+,35-/m1/s1. The number of alkyl carbamates (subject to hydrolysis) is 1. The molecule has 0 unspecified atom stereocenters. The largest absolute Gasteiger partial charge is 0.445 e. The molecule has 0 aliphatic heterocycles. The summed E-state index contributed by atoms with van der Waals surface area (Å²) in [6, 6.07) is 0. The van der Waals surface area contributed by atoms with Crippen LogP contribution in [0.5, 0.6) is 0 Å². The van der Waals surface area contributed by atoms with Crippen LogP contribution >= 0.6 is 0 Å². The Hall–Kier alpha value is -2.38. The number of aryl methyl sites for hydroxylation is 1. The molecule has 0 aromatic carbocycles. The minimum Gasteiger partial charge on any atom is -0.445 e. The van der Waals surface area contributed by atoms with Crippen molar-refractivity contribution in [2.24, 2.45) is 23.2 Å². The van der Waals surface area contributed by atoms with E-state index < -0.39 is 12.2 Å². The van der Waals surface area contributed by atoms with Gasteiger partial charge in [0.15, 0.2) is 0 Å². The summed E-state index contributed by atoms with van der Waals surface area (Å²) >= 11 is 0. The molecule has 0 radical (unpaired) electrons. The first kappa shape index (κ1) is 32.0. The molecule has 7 atom stereocenters. The summed E-state index contributed by atoms with van der Waals surface area (Å²) < 4.78 is 12.3. The second kappa shape index (κ2) is 13.3. The number of unbranched alkanes of at least 4 members (excludes halogenated alkanes) is 1. The topological polar surface area (TPSA) is 105 Å². The number of aliphatic hydroxyl groups excluding tert-OH is 2. The van der Waals surface area contributed by atoms with E-state index in [0.29, 0.717) is 30.6 Å². The second-order valence-corrected chi connectivity index (χ2v) is 14.3. The number of fused-ring (bicyclic) bond motifs is 1. The maximum Gasteiger partial charge on any atom is 0.407 e. The molecule has 7 heteroatoms. The summed E-state index contributed by atoms with van der Waals surface area (Å²) in [5, 5.41) is 23.1. The predicted molar refractivity (Wildman–Crippen MR) is 168 cm³/mol. The van der Waals surface area contributed by atoms with Crippen molar-refractivity contribution < 1.29 is 24.2 Å². The first-order valence-electron chi connectivity index (χ1n) is 16.9. The van der Waals surface area contributed by atoms with Crippen LogP contribution in [0.25, 0.3) is 0 Å². The van der Waals surface area contributed by atoms with E-state index >= 15 is 0 Å². The van der Waals surface area contributed by atoms with Gasteiger partial charge in [-0.3, -0.25) is 0 Å².